The number of aromatic amines is 1. The Morgan fingerprint density at radius 1 is 1.09 bits per heavy atom. The Kier molecular flexibility index (Phi) is 5.66. The Morgan fingerprint density at radius 3 is 2.73 bits per heavy atom. The number of thiophene rings is 1. The highest BCUT2D eigenvalue weighted by atomic mass is 32.1. The molecule has 5 rings (SSSR count). The van der Waals surface area contributed by atoms with E-state index >= 15 is 0 Å². The molecule has 0 aliphatic rings. The predicted octanol–water partition coefficient (Wildman–Crippen LogP) is 4.64. The van der Waals surface area contributed by atoms with E-state index in [-0.39, 0.29) is 5.82 Å². The van der Waals surface area contributed by atoms with E-state index in [0.29, 0.717) is 24.4 Å². The summed E-state index contributed by atoms with van der Waals surface area (Å²) in [4.78, 5) is 15.9. The fraction of sp³-hybridized carbons (Fsp3) is 0.125. The van der Waals surface area contributed by atoms with Crippen molar-refractivity contribution in [3.8, 4) is 27.9 Å². The minimum absolute atomic E-state index is 0.241. The van der Waals surface area contributed by atoms with Crippen LogP contribution in [0.4, 0.5) is 11.6 Å². The number of aryl methyl sites for hydroxylation is 1. The SMILES string of the molecule is N#Cc1c(N)n[nH]c1CCCNc1nc(-c2cccnc2)nc2sc(-c3ccccc3)cc12. The van der Waals surface area contributed by atoms with E-state index in [1.165, 1.54) is 0 Å². The van der Waals surface area contributed by atoms with Crippen LogP contribution in [0.1, 0.15) is 17.7 Å². The Labute approximate surface area is 194 Å². The molecule has 0 aliphatic carbocycles. The number of nitrogens with two attached hydrogens (primary N) is 1. The molecule has 4 N–H and O–H groups in total. The Balaban J connectivity index is 1.44. The van der Waals surface area contributed by atoms with Crippen molar-refractivity contribution < 1.29 is 0 Å². The van der Waals surface area contributed by atoms with Gasteiger partial charge in [-0.2, -0.15) is 10.4 Å². The van der Waals surface area contributed by atoms with Gasteiger partial charge in [0, 0.05) is 29.4 Å². The zero-order valence-electron chi connectivity index (χ0n) is 17.6. The monoisotopic (exact) mass is 452 g/mol. The second-order valence-electron chi connectivity index (χ2n) is 7.44. The van der Waals surface area contributed by atoms with Gasteiger partial charge in [-0.15, -0.1) is 11.3 Å². The largest absolute Gasteiger partial charge is 0.381 e. The number of pyridine rings is 1. The van der Waals surface area contributed by atoms with Crippen molar-refractivity contribution in [3.63, 3.8) is 0 Å². The number of fused-ring (bicyclic) bond motifs is 1. The lowest BCUT2D eigenvalue weighted by atomic mass is 10.1. The maximum Gasteiger partial charge on any atom is 0.164 e. The second kappa shape index (κ2) is 9.06. The number of hydrogen-bond donors (Lipinski definition) is 3. The van der Waals surface area contributed by atoms with Crippen LogP contribution in [0.2, 0.25) is 0 Å². The molecule has 9 heteroatoms. The number of aromatic nitrogens is 5. The van der Waals surface area contributed by atoms with Gasteiger partial charge in [-0.25, -0.2) is 9.97 Å². The standard InChI is InChI=1S/C24H20N8S/c25-13-18-19(31-32-21(18)26)9-5-11-28-23-17-12-20(15-6-2-1-3-7-15)33-24(17)30-22(29-23)16-8-4-10-27-14-16/h1-4,6-8,10,12,14H,5,9,11H2,(H3,26,31,32)(H,28,29,30). The molecule has 0 radical (unpaired) electrons. The maximum absolute atomic E-state index is 9.25. The summed E-state index contributed by atoms with van der Waals surface area (Å²) in [6.07, 6.45) is 4.93. The van der Waals surface area contributed by atoms with Crippen LogP contribution in [0, 0.1) is 11.3 Å². The summed E-state index contributed by atoms with van der Waals surface area (Å²) in [6.45, 7) is 0.666. The third kappa shape index (κ3) is 4.24. The molecule has 0 saturated heterocycles. The van der Waals surface area contributed by atoms with Gasteiger partial charge in [-0.1, -0.05) is 30.3 Å². The first-order valence-electron chi connectivity index (χ1n) is 10.5. The average Bonchev–Trinajstić information content (AvgIpc) is 3.46. The van der Waals surface area contributed by atoms with E-state index in [0.717, 1.165) is 44.2 Å². The van der Waals surface area contributed by atoms with Crippen LogP contribution < -0.4 is 11.1 Å². The fourth-order valence-corrected chi connectivity index (χ4v) is 4.63. The zero-order chi connectivity index (χ0) is 22.6. The predicted molar refractivity (Wildman–Crippen MR) is 131 cm³/mol. The normalized spacial score (nSPS) is 10.9. The molecule has 0 saturated carbocycles. The van der Waals surface area contributed by atoms with Crippen molar-refractivity contribution in [2.75, 3.05) is 17.6 Å². The first-order chi connectivity index (χ1) is 16.2. The highest BCUT2D eigenvalue weighted by molar-refractivity contribution is 7.21. The Hall–Kier alpha value is -4.29. The number of nitriles is 1. The molecule has 0 unspecified atom stereocenters. The van der Waals surface area contributed by atoms with Crippen molar-refractivity contribution >= 4 is 33.2 Å². The van der Waals surface area contributed by atoms with E-state index in [1.54, 1.807) is 23.7 Å². The summed E-state index contributed by atoms with van der Waals surface area (Å²) in [5, 5.41) is 20.5. The number of nitrogen functional groups attached to an aromatic ring is 1. The lowest BCUT2D eigenvalue weighted by Crippen LogP contribution is -2.07. The van der Waals surface area contributed by atoms with Crippen molar-refractivity contribution in [3.05, 3.63) is 72.2 Å². The van der Waals surface area contributed by atoms with Gasteiger partial charge < -0.3 is 11.1 Å². The molecule has 0 fully saturated rings. The van der Waals surface area contributed by atoms with Gasteiger partial charge in [-0.3, -0.25) is 10.1 Å². The van der Waals surface area contributed by atoms with Crippen LogP contribution in [0.15, 0.2) is 60.9 Å². The first-order valence-corrected chi connectivity index (χ1v) is 11.3. The summed E-state index contributed by atoms with van der Waals surface area (Å²) >= 11 is 1.64. The Bertz CT molecular complexity index is 1430. The molecule has 0 atom stereocenters. The van der Waals surface area contributed by atoms with E-state index in [1.807, 2.05) is 30.3 Å². The van der Waals surface area contributed by atoms with E-state index in [2.05, 4.69) is 44.8 Å². The molecule has 0 aliphatic heterocycles. The number of rotatable bonds is 7. The van der Waals surface area contributed by atoms with Gasteiger partial charge in [0.1, 0.15) is 22.3 Å². The van der Waals surface area contributed by atoms with Crippen molar-refractivity contribution in [1.82, 2.24) is 25.1 Å². The number of hydrogen-bond acceptors (Lipinski definition) is 8. The first kappa shape index (κ1) is 20.6. The van der Waals surface area contributed by atoms with Gasteiger partial charge in [0.2, 0.25) is 0 Å². The Morgan fingerprint density at radius 2 is 1.94 bits per heavy atom. The van der Waals surface area contributed by atoms with E-state index < -0.39 is 0 Å². The topological polar surface area (TPSA) is 129 Å². The molecule has 1 aromatic carbocycles. The second-order valence-corrected chi connectivity index (χ2v) is 8.47. The molecule has 0 amide bonds. The number of nitrogens with zero attached hydrogens (tertiary/aromatic N) is 5. The van der Waals surface area contributed by atoms with E-state index in [9.17, 15) is 5.26 Å². The molecular weight excluding hydrogens is 432 g/mol. The van der Waals surface area contributed by atoms with Gasteiger partial charge in [-0.05, 0) is 36.6 Å². The smallest absolute Gasteiger partial charge is 0.164 e. The number of H-pyrrole nitrogens is 1. The summed E-state index contributed by atoms with van der Waals surface area (Å²) in [5.41, 5.74) is 8.92. The van der Waals surface area contributed by atoms with Gasteiger partial charge in [0.15, 0.2) is 11.6 Å². The van der Waals surface area contributed by atoms with Crippen LogP contribution in [-0.4, -0.2) is 31.7 Å². The van der Waals surface area contributed by atoms with Crippen LogP contribution in [0.3, 0.4) is 0 Å². The third-order valence-corrected chi connectivity index (χ3v) is 6.33. The average molecular weight is 453 g/mol. The number of nitrogens with one attached hydrogen (secondary N) is 2. The molecule has 8 nitrogen and oxygen atoms in total. The van der Waals surface area contributed by atoms with Gasteiger partial charge >= 0.3 is 0 Å². The number of benzene rings is 1. The minimum Gasteiger partial charge on any atom is -0.381 e. The minimum atomic E-state index is 0.241. The highest BCUT2D eigenvalue weighted by Gasteiger charge is 2.15. The van der Waals surface area contributed by atoms with Crippen molar-refractivity contribution in [2.24, 2.45) is 0 Å². The maximum atomic E-state index is 9.25. The van der Waals surface area contributed by atoms with Crippen LogP contribution in [0.25, 0.3) is 32.0 Å². The van der Waals surface area contributed by atoms with Crippen LogP contribution >= 0.6 is 11.3 Å². The van der Waals surface area contributed by atoms with Crippen LogP contribution in [0.5, 0.6) is 0 Å². The van der Waals surface area contributed by atoms with Crippen LogP contribution in [-0.2, 0) is 6.42 Å². The molecule has 0 bridgehead atoms. The fourth-order valence-electron chi connectivity index (χ4n) is 3.60. The lowest BCUT2D eigenvalue weighted by Gasteiger charge is -2.09. The van der Waals surface area contributed by atoms with Crippen molar-refractivity contribution in [1.29, 1.82) is 5.26 Å². The molecule has 5 aromatic rings. The molecule has 4 heterocycles. The molecule has 0 spiro atoms. The zero-order valence-corrected chi connectivity index (χ0v) is 18.4. The third-order valence-electron chi connectivity index (χ3n) is 5.25. The van der Waals surface area contributed by atoms with E-state index in [4.69, 9.17) is 15.7 Å². The lowest BCUT2D eigenvalue weighted by molar-refractivity contribution is 0.823. The quantitative estimate of drug-likeness (QED) is 0.307. The molecular formula is C24H20N8S. The summed E-state index contributed by atoms with van der Waals surface area (Å²) < 4.78 is 0. The molecule has 4 aromatic heterocycles. The summed E-state index contributed by atoms with van der Waals surface area (Å²) in [5.74, 6) is 1.65. The number of anilines is 2. The van der Waals surface area contributed by atoms with Crippen molar-refractivity contribution in [2.45, 2.75) is 12.8 Å². The van der Waals surface area contributed by atoms with Gasteiger partial charge in [0.05, 0.1) is 11.1 Å². The highest BCUT2D eigenvalue weighted by Crippen LogP contribution is 2.36. The van der Waals surface area contributed by atoms with Gasteiger partial charge in [0.25, 0.3) is 0 Å². The molecule has 162 valence electrons. The summed E-state index contributed by atoms with van der Waals surface area (Å²) in [7, 11) is 0. The molecule has 33 heavy (non-hydrogen) atoms. The summed E-state index contributed by atoms with van der Waals surface area (Å²) in [6, 6.07) is 18.3.